The molecule has 6 amide bonds. The number of nitrogens with one attached hydrogen (secondary N) is 5. The van der Waals surface area contributed by atoms with Crippen LogP contribution in [0.25, 0.3) is 0 Å². The monoisotopic (exact) mass is 693 g/mol. The standard InChI is InChI=1S/C33H55N7O9/c1-17(2)15-21-28(45)36-22(16-24(42)43)29(46)37-25(19(4)41)30(47)34-18(3)26(31(48)38-33(5,6)7)40-12-8-9-23(40)32(49)39-13-10-20(11-14-39)27(44)35-21/h17-23,25-26,41H,8-16H2,1-7H3,(H,34,47)(H,35,44)(H,36,45)(H,37,46)(H,38,48)(H,42,43)/t18-,19+,21-,22-,23?,25-,26-/m0/s1. The highest BCUT2D eigenvalue weighted by molar-refractivity contribution is 5.96. The van der Waals surface area contributed by atoms with Crippen LogP contribution in [0.15, 0.2) is 0 Å². The first-order valence-corrected chi connectivity index (χ1v) is 17.3. The summed E-state index contributed by atoms with van der Waals surface area (Å²) in [5.74, 6) is -5.58. The van der Waals surface area contributed by atoms with E-state index in [-0.39, 0.29) is 24.2 Å². The smallest absolute Gasteiger partial charge is 0.305 e. The minimum atomic E-state index is -1.64. The number of piperidine rings is 1. The molecule has 1 unspecified atom stereocenters. The molecule has 4 heterocycles. The van der Waals surface area contributed by atoms with Crippen LogP contribution >= 0.6 is 0 Å². The zero-order valence-electron chi connectivity index (χ0n) is 29.7. The van der Waals surface area contributed by atoms with E-state index < -0.39 is 89.8 Å². The van der Waals surface area contributed by atoms with Gasteiger partial charge in [-0.3, -0.25) is 38.5 Å². The predicted molar refractivity (Wildman–Crippen MR) is 178 cm³/mol. The number of hydrogen-bond donors (Lipinski definition) is 7. The van der Waals surface area contributed by atoms with Crippen molar-refractivity contribution in [1.82, 2.24) is 36.4 Å². The lowest BCUT2D eigenvalue weighted by molar-refractivity contribution is -0.143. The van der Waals surface area contributed by atoms with Crippen molar-refractivity contribution < 1.29 is 43.8 Å². The van der Waals surface area contributed by atoms with Gasteiger partial charge in [-0.05, 0) is 79.2 Å². The maximum atomic E-state index is 14.0. The van der Waals surface area contributed by atoms with Crippen LogP contribution in [0.4, 0.5) is 0 Å². The Morgan fingerprint density at radius 3 is 2.00 bits per heavy atom. The number of nitrogens with zero attached hydrogens (tertiary/aromatic N) is 2. The van der Waals surface area contributed by atoms with Crippen molar-refractivity contribution in [2.75, 3.05) is 19.6 Å². The summed E-state index contributed by atoms with van der Waals surface area (Å²) >= 11 is 0. The molecule has 0 radical (unpaired) electrons. The Hall–Kier alpha value is -3.79. The number of rotatable bonds is 6. The largest absolute Gasteiger partial charge is 0.481 e. The van der Waals surface area contributed by atoms with Crippen molar-refractivity contribution in [2.24, 2.45) is 11.8 Å². The van der Waals surface area contributed by atoms with Gasteiger partial charge in [0.25, 0.3) is 0 Å². The average molecular weight is 694 g/mol. The van der Waals surface area contributed by atoms with E-state index in [0.717, 1.165) is 0 Å². The highest BCUT2D eigenvalue weighted by atomic mass is 16.4. The Morgan fingerprint density at radius 2 is 1.45 bits per heavy atom. The number of carbonyl (C=O) groups is 7. The second kappa shape index (κ2) is 16.7. The molecule has 49 heavy (non-hydrogen) atoms. The molecule has 0 aliphatic carbocycles. The molecular formula is C33H55N7O9. The zero-order valence-corrected chi connectivity index (χ0v) is 29.7. The fourth-order valence-electron chi connectivity index (χ4n) is 6.77. The molecule has 7 N–H and O–H groups in total. The number of fused-ring (bicyclic) bond motifs is 14. The van der Waals surface area contributed by atoms with E-state index in [4.69, 9.17) is 0 Å². The normalized spacial score (nSPS) is 30.5. The van der Waals surface area contributed by atoms with E-state index in [1.54, 1.807) is 16.7 Å². The van der Waals surface area contributed by atoms with Gasteiger partial charge in [0, 0.05) is 24.5 Å². The number of aliphatic carboxylic acids is 1. The summed E-state index contributed by atoms with van der Waals surface area (Å²) in [6, 6.07) is -6.89. The molecule has 0 aromatic heterocycles. The van der Waals surface area contributed by atoms with Crippen LogP contribution in [-0.4, -0.2) is 129 Å². The molecule has 16 nitrogen and oxygen atoms in total. The number of carboxylic acid groups (broad SMARTS) is 1. The number of aliphatic hydroxyl groups excluding tert-OH is 1. The first-order chi connectivity index (χ1) is 22.8. The highest BCUT2D eigenvalue weighted by Crippen LogP contribution is 2.27. The summed E-state index contributed by atoms with van der Waals surface area (Å²) < 4.78 is 0. The third-order valence-electron chi connectivity index (χ3n) is 9.14. The van der Waals surface area contributed by atoms with Gasteiger partial charge in [-0.2, -0.15) is 0 Å². The van der Waals surface area contributed by atoms with Gasteiger partial charge in [0.2, 0.25) is 35.4 Å². The third-order valence-corrected chi connectivity index (χ3v) is 9.14. The molecular weight excluding hydrogens is 638 g/mol. The maximum absolute atomic E-state index is 14.0. The van der Waals surface area contributed by atoms with Gasteiger partial charge in [-0.15, -0.1) is 0 Å². The van der Waals surface area contributed by atoms with Gasteiger partial charge in [0.05, 0.1) is 24.6 Å². The fraction of sp³-hybridized carbons (Fsp3) is 0.788. The Bertz CT molecular complexity index is 1260. The summed E-state index contributed by atoms with van der Waals surface area (Å²) in [5, 5.41) is 33.4. The van der Waals surface area contributed by atoms with E-state index in [0.29, 0.717) is 45.3 Å². The van der Waals surface area contributed by atoms with Crippen LogP contribution in [0.3, 0.4) is 0 Å². The third kappa shape index (κ3) is 10.8. The number of aliphatic hydroxyl groups is 1. The Kier molecular flexibility index (Phi) is 13.5. The zero-order chi connectivity index (χ0) is 36.8. The Labute approximate surface area is 287 Å². The molecule has 4 rings (SSSR count). The molecule has 4 saturated heterocycles. The van der Waals surface area contributed by atoms with E-state index >= 15 is 0 Å². The molecule has 0 aromatic rings. The molecule has 16 heteroatoms. The van der Waals surface area contributed by atoms with Crippen molar-refractivity contribution in [3.8, 4) is 0 Å². The summed E-state index contributed by atoms with van der Waals surface area (Å²) in [5.41, 5.74) is -0.639. The first kappa shape index (κ1) is 39.6. The summed E-state index contributed by atoms with van der Waals surface area (Å²) in [4.78, 5) is 97.0. The van der Waals surface area contributed by atoms with Gasteiger partial charge in [-0.25, -0.2) is 0 Å². The van der Waals surface area contributed by atoms with Crippen LogP contribution in [0.1, 0.15) is 87.0 Å². The van der Waals surface area contributed by atoms with Crippen molar-refractivity contribution in [2.45, 2.75) is 135 Å². The van der Waals surface area contributed by atoms with Crippen LogP contribution in [-0.2, 0) is 33.6 Å². The summed E-state index contributed by atoms with van der Waals surface area (Å²) in [6.45, 7) is 13.0. The maximum Gasteiger partial charge on any atom is 0.305 e. The SMILES string of the molecule is CC(C)C[C@@H]1NC(=O)C2CCN(CC2)C(=O)C2CCCN2[C@H](C(=O)NC(C)(C)C)[C@H](C)NC(=O)[C@H]([C@@H](C)O)NC(=O)[C@H](CC(=O)O)NC1=O. The van der Waals surface area contributed by atoms with Crippen LogP contribution in [0.5, 0.6) is 0 Å². The molecule has 0 spiro atoms. The summed E-state index contributed by atoms with van der Waals surface area (Å²) in [7, 11) is 0. The predicted octanol–water partition coefficient (Wildman–Crippen LogP) is -1.15. The summed E-state index contributed by atoms with van der Waals surface area (Å²) in [6.07, 6.45) is -0.268. The molecule has 276 valence electrons. The van der Waals surface area contributed by atoms with E-state index in [1.807, 2.05) is 34.6 Å². The van der Waals surface area contributed by atoms with Gasteiger partial charge < -0.3 is 41.7 Å². The lowest BCUT2D eigenvalue weighted by Gasteiger charge is -2.40. The lowest BCUT2D eigenvalue weighted by Crippen LogP contribution is -2.65. The molecule has 0 saturated carbocycles. The van der Waals surface area contributed by atoms with E-state index in [1.165, 1.54) is 6.92 Å². The molecule has 7 atom stereocenters. The van der Waals surface area contributed by atoms with Crippen molar-refractivity contribution in [3.05, 3.63) is 0 Å². The van der Waals surface area contributed by atoms with Crippen molar-refractivity contribution >= 4 is 41.4 Å². The highest BCUT2D eigenvalue weighted by Gasteiger charge is 2.45. The Balaban J connectivity index is 2.04. The number of amides is 6. The van der Waals surface area contributed by atoms with Crippen molar-refractivity contribution in [3.63, 3.8) is 0 Å². The molecule has 4 fully saturated rings. The second-order valence-corrected chi connectivity index (χ2v) is 15.1. The minimum Gasteiger partial charge on any atom is -0.481 e. The molecule has 4 aliphatic rings. The second-order valence-electron chi connectivity index (χ2n) is 15.1. The quantitative estimate of drug-likeness (QED) is 0.165. The average Bonchev–Trinajstić information content (AvgIpc) is 3.45. The first-order valence-electron chi connectivity index (χ1n) is 17.3. The minimum absolute atomic E-state index is 0.0539. The van der Waals surface area contributed by atoms with E-state index in [2.05, 4.69) is 26.6 Å². The Morgan fingerprint density at radius 1 is 0.857 bits per heavy atom. The molecule has 2 bridgehead atoms. The van der Waals surface area contributed by atoms with Crippen LogP contribution in [0.2, 0.25) is 0 Å². The number of hydrogen-bond acceptors (Lipinski definition) is 9. The fourth-order valence-corrected chi connectivity index (χ4v) is 6.77. The van der Waals surface area contributed by atoms with E-state index in [9.17, 15) is 43.8 Å². The van der Waals surface area contributed by atoms with Gasteiger partial charge in [-0.1, -0.05) is 13.8 Å². The van der Waals surface area contributed by atoms with Crippen LogP contribution in [0, 0.1) is 11.8 Å². The van der Waals surface area contributed by atoms with Gasteiger partial charge in [0.15, 0.2) is 0 Å². The lowest BCUT2D eigenvalue weighted by atomic mass is 9.93. The molecule has 4 aliphatic heterocycles. The van der Waals surface area contributed by atoms with Gasteiger partial charge >= 0.3 is 5.97 Å². The van der Waals surface area contributed by atoms with Gasteiger partial charge in [0.1, 0.15) is 24.2 Å². The van der Waals surface area contributed by atoms with Crippen LogP contribution < -0.4 is 26.6 Å². The van der Waals surface area contributed by atoms with Crippen molar-refractivity contribution in [1.29, 1.82) is 0 Å². The molecule has 0 aromatic carbocycles. The number of carbonyl (C=O) groups excluding carboxylic acids is 6. The topological polar surface area (TPSA) is 227 Å². The number of carboxylic acids is 1.